The second-order valence-electron chi connectivity index (χ2n) is 6.71. The van der Waals surface area contributed by atoms with Gasteiger partial charge in [-0.15, -0.1) is 0 Å². The van der Waals surface area contributed by atoms with Crippen LogP contribution in [0.2, 0.25) is 0 Å². The molecule has 0 unspecified atom stereocenters. The molecule has 0 bridgehead atoms. The van der Waals surface area contributed by atoms with Gasteiger partial charge in [0.15, 0.2) is 0 Å². The van der Waals surface area contributed by atoms with Crippen LogP contribution in [0.3, 0.4) is 0 Å². The highest BCUT2D eigenvalue weighted by Crippen LogP contribution is 2.14. The van der Waals surface area contributed by atoms with Crippen LogP contribution in [0.25, 0.3) is 0 Å². The highest BCUT2D eigenvalue weighted by Gasteiger charge is 1.97. The fourth-order valence-corrected chi connectivity index (χ4v) is 3.12. The third-order valence-corrected chi connectivity index (χ3v) is 4.66. The summed E-state index contributed by atoms with van der Waals surface area (Å²) in [5, 5.41) is 0. The van der Waals surface area contributed by atoms with Crippen molar-refractivity contribution in [1.82, 2.24) is 0 Å². The third-order valence-electron chi connectivity index (χ3n) is 4.66. The van der Waals surface area contributed by atoms with Gasteiger partial charge in [0.25, 0.3) is 0 Å². The Morgan fingerprint density at radius 2 is 1.09 bits per heavy atom. The summed E-state index contributed by atoms with van der Waals surface area (Å²) < 4.78 is 0. The van der Waals surface area contributed by atoms with Gasteiger partial charge in [-0.3, -0.25) is 0 Å². The number of rotatable bonds is 14. The minimum atomic E-state index is 0.865. The summed E-state index contributed by atoms with van der Waals surface area (Å²) in [6.07, 6.45) is 17.9. The Hall–Kier alpha value is -0.820. The molecule has 1 aromatic carbocycles. The molecule has 0 aliphatic carbocycles. The van der Waals surface area contributed by atoms with Crippen molar-refractivity contribution in [1.29, 1.82) is 0 Å². The molecule has 126 valence electrons. The molecule has 0 atom stereocenters. The van der Waals surface area contributed by atoms with Crippen molar-refractivity contribution in [2.24, 2.45) is 5.73 Å². The molecule has 0 aliphatic heterocycles. The molecule has 0 aliphatic rings. The lowest BCUT2D eigenvalue weighted by Crippen LogP contribution is -1.97. The Kier molecular flexibility index (Phi) is 12.1. The maximum absolute atomic E-state index is 5.50. The molecule has 0 heterocycles. The van der Waals surface area contributed by atoms with E-state index in [2.05, 4.69) is 31.2 Å². The number of aryl methyl sites for hydroxylation is 2. The molecule has 1 aromatic rings. The number of nitrogens with two attached hydrogens (primary N) is 1. The van der Waals surface area contributed by atoms with Gasteiger partial charge < -0.3 is 5.73 Å². The fraction of sp³-hybridized carbons (Fsp3) is 0.714. The number of unbranched alkanes of at least 4 members (excludes halogenated alkanes) is 11. The zero-order chi connectivity index (χ0) is 15.9. The van der Waals surface area contributed by atoms with E-state index < -0.39 is 0 Å². The molecule has 0 amide bonds. The van der Waals surface area contributed by atoms with E-state index in [9.17, 15) is 0 Å². The van der Waals surface area contributed by atoms with Crippen molar-refractivity contribution in [3.8, 4) is 0 Å². The Morgan fingerprint density at radius 3 is 1.59 bits per heavy atom. The summed E-state index contributed by atoms with van der Waals surface area (Å²) in [6.45, 7) is 3.09. The van der Waals surface area contributed by atoms with Crippen LogP contribution in [0, 0.1) is 6.92 Å². The van der Waals surface area contributed by atoms with E-state index >= 15 is 0 Å². The van der Waals surface area contributed by atoms with Gasteiger partial charge in [-0.25, -0.2) is 0 Å². The minimum absolute atomic E-state index is 0.865. The van der Waals surface area contributed by atoms with Gasteiger partial charge in [-0.05, 0) is 43.9 Å². The molecule has 0 spiro atoms. The van der Waals surface area contributed by atoms with Crippen molar-refractivity contribution in [3.05, 3.63) is 35.4 Å². The van der Waals surface area contributed by atoms with Gasteiger partial charge in [0.05, 0.1) is 0 Å². The summed E-state index contributed by atoms with van der Waals surface area (Å²) in [7, 11) is 0. The van der Waals surface area contributed by atoms with Crippen LogP contribution in [-0.2, 0) is 6.42 Å². The van der Waals surface area contributed by atoms with E-state index in [-0.39, 0.29) is 0 Å². The molecule has 0 fully saturated rings. The molecule has 0 aromatic heterocycles. The van der Waals surface area contributed by atoms with Crippen molar-refractivity contribution in [3.63, 3.8) is 0 Å². The van der Waals surface area contributed by atoms with Gasteiger partial charge in [-0.1, -0.05) is 88.5 Å². The smallest absolute Gasteiger partial charge is 0.00773 e. The van der Waals surface area contributed by atoms with Crippen LogP contribution < -0.4 is 5.73 Å². The zero-order valence-corrected chi connectivity index (χ0v) is 14.8. The van der Waals surface area contributed by atoms with Gasteiger partial charge in [0.1, 0.15) is 0 Å². The molecule has 0 saturated heterocycles. The maximum Gasteiger partial charge on any atom is -0.00773 e. The second-order valence-corrected chi connectivity index (χ2v) is 6.71. The summed E-state index contributed by atoms with van der Waals surface area (Å²) in [5.74, 6) is 0. The molecule has 0 saturated carbocycles. The van der Waals surface area contributed by atoms with Gasteiger partial charge in [-0.2, -0.15) is 0 Å². The second kappa shape index (κ2) is 13.8. The number of hydrogen-bond donors (Lipinski definition) is 1. The van der Waals surface area contributed by atoms with E-state index in [1.807, 2.05) is 0 Å². The molecule has 1 nitrogen and oxygen atoms in total. The lowest BCUT2D eigenvalue weighted by atomic mass is 10.0. The zero-order valence-electron chi connectivity index (χ0n) is 14.8. The molecule has 1 rings (SSSR count). The van der Waals surface area contributed by atoms with Gasteiger partial charge >= 0.3 is 0 Å². The quantitative estimate of drug-likeness (QED) is 0.408. The Bertz CT molecular complexity index is 359. The summed E-state index contributed by atoms with van der Waals surface area (Å²) in [4.78, 5) is 0. The first-order valence-electron chi connectivity index (χ1n) is 9.59. The number of benzene rings is 1. The monoisotopic (exact) mass is 303 g/mol. The summed E-state index contributed by atoms with van der Waals surface area (Å²) in [5.41, 5.74) is 8.49. The average Bonchev–Trinajstić information content (AvgIpc) is 2.53. The first-order chi connectivity index (χ1) is 10.8. The highest BCUT2D eigenvalue weighted by atomic mass is 14.5. The van der Waals surface area contributed by atoms with Crippen LogP contribution >= 0.6 is 0 Å². The maximum atomic E-state index is 5.50. The fourth-order valence-electron chi connectivity index (χ4n) is 3.12. The molecule has 1 heteroatoms. The Labute approximate surface area is 138 Å². The van der Waals surface area contributed by atoms with Gasteiger partial charge in [0, 0.05) is 0 Å². The van der Waals surface area contributed by atoms with Crippen LogP contribution in [0.5, 0.6) is 0 Å². The normalized spacial score (nSPS) is 11.0. The Morgan fingerprint density at radius 1 is 0.636 bits per heavy atom. The van der Waals surface area contributed by atoms with Crippen molar-refractivity contribution in [2.75, 3.05) is 6.54 Å². The van der Waals surface area contributed by atoms with Crippen molar-refractivity contribution < 1.29 is 0 Å². The van der Waals surface area contributed by atoms with E-state index in [0.29, 0.717) is 0 Å². The third kappa shape index (κ3) is 10.00. The molecule has 22 heavy (non-hydrogen) atoms. The molecule has 2 N–H and O–H groups in total. The lowest BCUT2D eigenvalue weighted by molar-refractivity contribution is 0.541. The molecular weight excluding hydrogens is 266 g/mol. The predicted molar refractivity (Wildman–Crippen MR) is 99.3 cm³/mol. The Balaban J connectivity index is 1.81. The topological polar surface area (TPSA) is 26.0 Å². The number of hydrogen-bond acceptors (Lipinski definition) is 1. The predicted octanol–water partition coefficient (Wildman–Crippen LogP) is 6.18. The van der Waals surface area contributed by atoms with Gasteiger partial charge in [0.2, 0.25) is 0 Å². The molecular formula is C21H37N. The first kappa shape index (κ1) is 19.2. The summed E-state index contributed by atoms with van der Waals surface area (Å²) in [6, 6.07) is 8.81. The minimum Gasteiger partial charge on any atom is -0.330 e. The van der Waals surface area contributed by atoms with Crippen LogP contribution in [0.1, 0.15) is 88.2 Å². The average molecular weight is 304 g/mol. The van der Waals surface area contributed by atoms with Crippen molar-refractivity contribution >= 4 is 0 Å². The molecule has 0 radical (unpaired) electrons. The van der Waals surface area contributed by atoms with E-state index in [1.54, 1.807) is 0 Å². The first-order valence-corrected chi connectivity index (χ1v) is 9.59. The lowest BCUT2D eigenvalue weighted by Gasteiger charge is -2.05. The van der Waals surface area contributed by atoms with E-state index in [0.717, 1.165) is 6.54 Å². The SMILES string of the molecule is Cc1ccccc1CCCCCCCCCCCCCCN. The summed E-state index contributed by atoms with van der Waals surface area (Å²) >= 11 is 0. The standard InChI is InChI=1S/C21H37N/c1-20-16-13-14-18-21(20)17-12-10-8-6-4-2-3-5-7-9-11-15-19-22/h13-14,16,18H,2-12,15,17,19,22H2,1H3. The van der Waals surface area contributed by atoms with E-state index in [1.165, 1.54) is 94.6 Å². The van der Waals surface area contributed by atoms with Crippen LogP contribution in [-0.4, -0.2) is 6.54 Å². The van der Waals surface area contributed by atoms with Crippen LogP contribution in [0.15, 0.2) is 24.3 Å². The highest BCUT2D eigenvalue weighted by molar-refractivity contribution is 5.25. The van der Waals surface area contributed by atoms with Crippen LogP contribution in [0.4, 0.5) is 0 Å². The van der Waals surface area contributed by atoms with Crippen molar-refractivity contribution in [2.45, 2.75) is 90.4 Å². The largest absolute Gasteiger partial charge is 0.330 e. The van der Waals surface area contributed by atoms with E-state index in [4.69, 9.17) is 5.73 Å².